The standard InChI is InChI=1S/C9H15F3N2O4S/c1-5(4-19(3)18)13-7(17)14-8(2,6(15)16)9(10,11)12/h5H,4H2,1-3H3,(H,15,16)(H2,13,14,17). The van der Waals surface area contributed by atoms with Gasteiger partial charge >= 0.3 is 18.2 Å². The van der Waals surface area contributed by atoms with Gasteiger partial charge < -0.3 is 15.7 Å². The van der Waals surface area contributed by atoms with Crippen molar-refractivity contribution in [1.29, 1.82) is 0 Å². The highest BCUT2D eigenvalue weighted by Gasteiger charge is 2.58. The average Bonchev–Trinajstić information content (AvgIpc) is 2.12. The fourth-order valence-electron chi connectivity index (χ4n) is 1.13. The number of carbonyl (C=O) groups is 2. The van der Waals surface area contributed by atoms with Crippen molar-refractivity contribution in [2.24, 2.45) is 0 Å². The molecule has 0 aromatic carbocycles. The minimum atomic E-state index is -5.15. The number of halogens is 3. The second kappa shape index (κ2) is 6.22. The fraction of sp³-hybridized carbons (Fsp3) is 0.778. The van der Waals surface area contributed by atoms with E-state index >= 15 is 0 Å². The number of amides is 2. The molecule has 0 saturated heterocycles. The molecule has 3 atom stereocenters. The Morgan fingerprint density at radius 1 is 1.37 bits per heavy atom. The van der Waals surface area contributed by atoms with Gasteiger partial charge in [0.2, 0.25) is 5.54 Å². The van der Waals surface area contributed by atoms with Crippen LogP contribution in [0.4, 0.5) is 18.0 Å². The summed E-state index contributed by atoms with van der Waals surface area (Å²) in [7, 11) is -1.24. The van der Waals surface area contributed by atoms with E-state index in [0.717, 1.165) is 0 Å². The molecule has 0 radical (unpaired) electrons. The van der Waals surface area contributed by atoms with Crippen molar-refractivity contribution in [3.05, 3.63) is 0 Å². The summed E-state index contributed by atoms with van der Waals surface area (Å²) in [6.07, 6.45) is -3.78. The predicted molar refractivity (Wildman–Crippen MR) is 62.2 cm³/mol. The van der Waals surface area contributed by atoms with Gasteiger partial charge in [0.1, 0.15) is 0 Å². The smallest absolute Gasteiger partial charge is 0.422 e. The molecule has 3 N–H and O–H groups in total. The molecule has 10 heteroatoms. The predicted octanol–water partition coefficient (Wildman–Crippen LogP) is 0.458. The number of hydrogen-bond donors (Lipinski definition) is 3. The fourth-order valence-corrected chi connectivity index (χ4v) is 1.91. The van der Waals surface area contributed by atoms with Crippen molar-refractivity contribution in [2.45, 2.75) is 31.6 Å². The third kappa shape index (κ3) is 5.05. The van der Waals surface area contributed by atoms with E-state index in [9.17, 15) is 27.0 Å². The van der Waals surface area contributed by atoms with Gasteiger partial charge in [0, 0.05) is 28.9 Å². The number of rotatable bonds is 5. The Balaban J connectivity index is 4.77. The Labute approximate surface area is 110 Å². The molecule has 6 nitrogen and oxygen atoms in total. The lowest BCUT2D eigenvalue weighted by molar-refractivity contribution is -0.203. The summed E-state index contributed by atoms with van der Waals surface area (Å²) in [5, 5.41) is 12.0. The van der Waals surface area contributed by atoms with Gasteiger partial charge in [-0.3, -0.25) is 4.21 Å². The van der Waals surface area contributed by atoms with E-state index in [4.69, 9.17) is 5.11 Å². The van der Waals surface area contributed by atoms with Crippen LogP contribution in [0.5, 0.6) is 0 Å². The van der Waals surface area contributed by atoms with E-state index in [1.807, 2.05) is 0 Å². The maximum Gasteiger partial charge on any atom is 0.422 e. The van der Waals surface area contributed by atoms with Crippen LogP contribution >= 0.6 is 0 Å². The van der Waals surface area contributed by atoms with E-state index < -0.39 is 40.6 Å². The van der Waals surface area contributed by atoms with E-state index in [2.05, 4.69) is 5.32 Å². The van der Waals surface area contributed by atoms with Crippen LogP contribution in [0.2, 0.25) is 0 Å². The molecule has 0 fully saturated rings. The first-order valence-electron chi connectivity index (χ1n) is 5.09. The van der Waals surface area contributed by atoms with Crippen molar-refractivity contribution in [3.63, 3.8) is 0 Å². The summed E-state index contributed by atoms with van der Waals surface area (Å²) in [6, 6.07) is -1.95. The number of alkyl halides is 3. The average molecular weight is 304 g/mol. The number of urea groups is 1. The zero-order valence-electron chi connectivity index (χ0n) is 10.5. The first-order chi connectivity index (χ1) is 8.40. The van der Waals surface area contributed by atoms with Crippen LogP contribution in [-0.2, 0) is 15.6 Å². The van der Waals surface area contributed by atoms with Crippen LogP contribution < -0.4 is 10.6 Å². The maximum absolute atomic E-state index is 12.6. The molecule has 0 saturated carbocycles. The summed E-state index contributed by atoms with van der Waals surface area (Å²) in [4.78, 5) is 22.0. The number of carboxylic acid groups (broad SMARTS) is 1. The summed E-state index contributed by atoms with van der Waals surface area (Å²) < 4.78 is 48.6. The van der Waals surface area contributed by atoms with Crippen LogP contribution in [0, 0.1) is 0 Å². The van der Waals surface area contributed by atoms with Crippen molar-refractivity contribution < 1.29 is 32.1 Å². The van der Waals surface area contributed by atoms with Gasteiger partial charge in [-0.15, -0.1) is 0 Å². The van der Waals surface area contributed by atoms with E-state index in [-0.39, 0.29) is 5.75 Å². The van der Waals surface area contributed by atoms with Crippen LogP contribution in [0.25, 0.3) is 0 Å². The third-order valence-electron chi connectivity index (χ3n) is 2.22. The minimum Gasteiger partial charge on any atom is -0.479 e. The lowest BCUT2D eigenvalue weighted by Crippen LogP contribution is -2.64. The molecular weight excluding hydrogens is 289 g/mol. The third-order valence-corrected chi connectivity index (χ3v) is 3.19. The van der Waals surface area contributed by atoms with Crippen molar-refractivity contribution >= 4 is 22.8 Å². The van der Waals surface area contributed by atoms with Gasteiger partial charge in [0.25, 0.3) is 0 Å². The number of aliphatic carboxylic acids is 1. The lowest BCUT2D eigenvalue weighted by atomic mass is 10.0. The number of carbonyl (C=O) groups excluding carboxylic acids is 1. The molecule has 0 aliphatic heterocycles. The summed E-state index contributed by atoms with van der Waals surface area (Å²) in [5.74, 6) is -2.18. The van der Waals surface area contributed by atoms with Gasteiger partial charge in [-0.1, -0.05) is 0 Å². The zero-order valence-corrected chi connectivity index (χ0v) is 11.3. The number of carboxylic acids is 1. The molecule has 0 aromatic rings. The molecule has 2 amide bonds. The molecule has 112 valence electrons. The molecule has 0 aromatic heterocycles. The highest BCUT2D eigenvalue weighted by Crippen LogP contribution is 2.30. The maximum atomic E-state index is 12.6. The second-order valence-electron chi connectivity index (χ2n) is 4.17. The molecule has 19 heavy (non-hydrogen) atoms. The second-order valence-corrected chi connectivity index (χ2v) is 5.65. The molecule has 0 spiro atoms. The lowest BCUT2D eigenvalue weighted by Gasteiger charge is -2.29. The molecule has 0 aliphatic rings. The quantitative estimate of drug-likeness (QED) is 0.687. The summed E-state index contributed by atoms with van der Waals surface area (Å²) in [5.41, 5.74) is -3.39. The number of nitrogens with one attached hydrogen (secondary N) is 2. The monoisotopic (exact) mass is 304 g/mol. The van der Waals surface area contributed by atoms with Crippen molar-refractivity contribution in [3.8, 4) is 0 Å². The van der Waals surface area contributed by atoms with Gasteiger partial charge in [0.15, 0.2) is 0 Å². The largest absolute Gasteiger partial charge is 0.479 e. The Hall–Kier alpha value is -1.32. The molecule has 0 aliphatic carbocycles. The summed E-state index contributed by atoms with van der Waals surface area (Å²) in [6.45, 7) is 1.78. The van der Waals surface area contributed by atoms with Crippen LogP contribution in [0.3, 0.4) is 0 Å². The van der Waals surface area contributed by atoms with Gasteiger partial charge in [-0.2, -0.15) is 13.2 Å². The molecule has 0 bridgehead atoms. The first-order valence-corrected chi connectivity index (χ1v) is 6.81. The van der Waals surface area contributed by atoms with Gasteiger partial charge in [-0.05, 0) is 13.8 Å². The van der Waals surface area contributed by atoms with E-state index in [0.29, 0.717) is 6.92 Å². The van der Waals surface area contributed by atoms with E-state index in [1.54, 1.807) is 0 Å². The van der Waals surface area contributed by atoms with E-state index in [1.165, 1.54) is 18.5 Å². The Bertz CT molecular complexity index is 388. The highest BCUT2D eigenvalue weighted by molar-refractivity contribution is 7.84. The number of hydrogen-bond acceptors (Lipinski definition) is 3. The molecule has 3 unspecified atom stereocenters. The Morgan fingerprint density at radius 2 is 1.84 bits per heavy atom. The molecule has 0 heterocycles. The minimum absolute atomic E-state index is 0.0449. The Morgan fingerprint density at radius 3 is 2.16 bits per heavy atom. The topological polar surface area (TPSA) is 95.5 Å². The van der Waals surface area contributed by atoms with Crippen LogP contribution in [0.15, 0.2) is 0 Å². The Kier molecular flexibility index (Phi) is 5.79. The summed E-state index contributed by atoms with van der Waals surface area (Å²) >= 11 is 0. The SMILES string of the molecule is CC(CS(C)=O)NC(=O)NC(C)(C(=O)O)C(F)(F)F. The molecular formula is C9H15F3N2O4S. The molecule has 0 rings (SSSR count). The van der Waals surface area contributed by atoms with Crippen molar-refractivity contribution in [1.82, 2.24) is 10.6 Å². The van der Waals surface area contributed by atoms with Crippen molar-refractivity contribution in [2.75, 3.05) is 12.0 Å². The van der Waals surface area contributed by atoms with Crippen LogP contribution in [0.1, 0.15) is 13.8 Å². The normalized spacial score (nSPS) is 18.0. The van der Waals surface area contributed by atoms with Gasteiger partial charge in [0.05, 0.1) is 0 Å². The van der Waals surface area contributed by atoms with Crippen LogP contribution in [-0.4, -0.2) is 51.1 Å². The van der Waals surface area contributed by atoms with Gasteiger partial charge in [-0.25, -0.2) is 9.59 Å². The zero-order chi connectivity index (χ0) is 15.4. The highest BCUT2D eigenvalue weighted by atomic mass is 32.2. The first kappa shape index (κ1) is 17.7.